The minimum absolute atomic E-state index is 0.0410. The number of hydrogen-bond acceptors (Lipinski definition) is 4. The maximum Gasteiger partial charge on any atom is 0.131 e. The van der Waals surface area contributed by atoms with Gasteiger partial charge in [0.1, 0.15) is 23.4 Å². The largest absolute Gasteiger partial charge is 0.490 e. The Kier molecular flexibility index (Phi) is 5.81. The van der Waals surface area contributed by atoms with Gasteiger partial charge in [-0.05, 0) is 26.0 Å². The molecule has 0 aliphatic carbocycles. The van der Waals surface area contributed by atoms with E-state index in [9.17, 15) is 0 Å². The highest BCUT2D eigenvalue weighted by Crippen LogP contribution is 2.26. The minimum Gasteiger partial charge on any atom is -0.490 e. The number of thiocarbonyl (C=S) groups is 1. The van der Waals surface area contributed by atoms with Crippen LogP contribution in [0.3, 0.4) is 0 Å². The van der Waals surface area contributed by atoms with Crippen LogP contribution in [0.25, 0.3) is 0 Å². The monoisotopic (exact) mass is 328 g/mol. The van der Waals surface area contributed by atoms with Crippen molar-refractivity contribution in [2.75, 3.05) is 26.3 Å². The van der Waals surface area contributed by atoms with Crippen LogP contribution in [0.1, 0.15) is 19.4 Å². The van der Waals surface area contributed by atoms with Crippen LogP contribution in [0.5, 0.6) is 5.75 Å². The van der Waals surface area contributed by atoms with Crippen molar-refractivity contribution >= 4 is 28.8 Å². The van der Waals surface area contributed by atoms with Gasteiger partial charge in [0, 0.05) is 19.1 Å². The average Bonchev–Trinajstić information content (AvgIpc) is 2.45. The molecule has 1 fully saturated rings. The standard InChI is InChI=1S/C15H21ClN2O2S/c1-10(2)18-6-7-19-11(8-18)9-20-13-5-3-4-12(16)14(13)15(17)21/h3-5,10-11H,6-9H2,1-2H3,(H2,17,21). The van der Waals surface area contributed by atoms with Gasteiger partial charge in [0.2, 0.25) is 0 Å². The number of hydrogen-bond donors (Lipinski definition) is 1. The summed E-state index contributed by atoms with van der Waals surface area (Å²) < 4.78 is 11.6. The third kappa shape index (κ3) is 4.30. The molecular weight excluding hydrogens is 308 g/mol. The molecule has 0 spiro atoms. The Morgan fingerprint density at radius 3 is 3.00 bits per heavy atom. The van der Waals surface area contributed by atoms with E-state index in [2.05, 4.69) is 18.7 Å². The predicted molar refractivity (Wildman–Crippen MR) is 89.3 cm³/mol. The van der Waals surface area contributed by atoms with Crippen molar-refractivity contribution in [2.24, 2.45) is 5.73 Å². The van der Waals surface area contributed by atoms with E-state index in [1.54, 1.807) is 6.07 Å². The van der Waals surface area contributed by atoms with Crippen molar-refractivity contribution in [1.82, 2.24) is 4.90 Å². The first-order valence-corrected chi connectivity index (χ1v) is 7.84. The maximum absolute atomic E-state index is 6.12. The second-order valence-corrected chi connectivity index (χ2v) is 6.22. The summed E-state index contributed by atoms with van der Waals surface area (Å²) >= 11 is 11.2. The second kappa shape index (κ2) is 7.40. The molecule has 1 saturated heterocycles. The molecule has 1 unspecified atom stereocenters. The first-order chi connectivity index (χ1) is 9.99. The quantitative estimate of drug-likeness (QED) is 0.841. The highest BCUT2D eigenvalue weighted by molar-refractivity contribution is 7.80. The van der Waals surface area contributed by atoms with Gasteiger partial charge < -0.3 is 15.2 Å². The SMILES string of the molecule is CC(C)N1CCOC(COc2cccc(Cl)c2C(N)=S)C1. The number of halogens is 1. The van der Waals surface area contributed by atoms with Gasteiger partial charge in [-0.2, -0.15) is 0 Å². The van der Waals surface area contributed by atoms with Crippen LogP contribution in [0.15, 0.2) is 18.2 Å². The average molecular weight is 329 g/mol. The molecule has 0 radical (unpaired) electrons. The van der Waals surface area contributed by atoms with Gasteiger partial charge in [-0.1, -0.05) is 29.9 Å². The molecule has 116 valence electrons. The third-order valence-electron chi connectivity index (χ3n) is 3.55. The molecule has 0 aromatic heterocycles. The van der Waals surface area contributed by atoms with E-state index in [1.165, 1.54) is 0 Å². The Labute approximate surface area is 136 Å². The molecule has 1 heterocycles. The molecule has 0 bridgehead atoms. The normalized spacial score (nSPS) is 19.7. The van der Waals surface area contributed by atoms with E-state index in [0.29, 0.717) is 29.0 Å². The Balaban J connectivity index is 2.00. The molecule has 21 heavy (non-hydrogen) atoms. The lowest BCUT2D eigenvalue weighted by atomic mass is 10.2. The molecule has 1 atom stereocenters. The van der Waals surface area contributed by atoms with E-state index in [0.717, 1.165) is 19.7 Å². The van der Waals surface area contributed by atoms with E-state index in [1.807, 2.05) is 12.1 Å². The molecule has 0 saturated carbocycles. The van der Waals surface area contributed by atoms with Crippen molar-refractivity contribution < 1.29 is 9.47 Å². The molecule has 1 aromatic rings. The Bertz CT molecular complexity index is 510. The van der Waals surface area contributed by atoms with Gasteiger partial charge >= 0.3 is 0 Å². The van der Waals surface area contributed by atoms with Crippen molar-refractivity contribution in [3.63, 3.8) is 0 Å². The number of morpholine rings is 1. The second-order valence-electron chi connectivity index (χ2n) is 5.37. The number of rotatable bonds is 5. The summed E-state index contributed by atoms with van der Waals surface area (Å²) in [6.07, 6.45) is 0.0410. The number of benzene rings is 1. The fraction of sp³-hybridized carbons (Fsp3) is 0.533. The van der Waals surface area contributed by atoms with Crippen LogP contribution in [0, 0.1) is 0 Å². The fourth-order valence-corrected chi connectivity index (χ4v) is 2.89. The van der Waals surface area contributed by atoms with E-state index >= 15 is 0 Å². The molecular formula is C15H21ClN2O2S. The summed E-state index contributed by atoms with van der Waals surface area (Å²) in [6, 6.07) is 5.90. The van der Waals surface area contributed by atoms with Crippen molar-refractivity contribution in [3.8, 4) is 5.75 Å². The summed E-state index contributed by atoms with van der Waals surface area (Å²) in [4.78, 5) is 2.62. The van der Waals surface area contributed by atoms with E-state index in [-0.39, 0.29) is 11.1 Å². The summed E-state index contributed by atoms with van der Waals surface area (Å²) in [5, 5.41) is 0.508. The van der Waals surface area contributed by atoms with E-state index in [4.69, 9.17) is 39.0 Å². The first-order valence-electron chi connectivity index (χ1n) is 7.05. The van der Waals surface area contributed by atoms with Gasteiger partial charge in [-0.25, -0.2) is 0 Å². The molecule has 1 aliphatic heterocycles. The molecule has 6 heteroatoms. The van der Waals surface area contributed by atoms with Crippen LogP contribution in [0.2, 0.25) is 5.02 Å². The summed E-state index contributed by atoms with van der Waals surface area (Å²) in [5.74, 6) is 0.611. The molecule has 0 amide bonds. The fourth-order valence-electron chi connectivity index (χ4n) is 2.36. The number of ether oxygens (including phenoxy) is 2. The lowest BCUT2D eigenvalue weighted by Crippen LogP contribution is -2.47. The van der Waals surface area contributed by atoms with Crippen molar-refractivity contribution in [3.05, 3.63) is 28.8 Å². The van der Waals surface area contributed by atoms with Crippen LogP contribution in [-0.4, -0.2) is 48.3 Å². The highest BCUT2D eigenvalue weighted by atomic mass is 35.5. The van der Waals surface area contributed by atoms with E-state index < -0.39 is 0 Å². The Morgan fingerprint density at radius 1 is 1.57 bits per heavy atom. The molecule has 2 N–H and O–H groups in total. The first kappa shape index (κ1) is 16.5. The molecule has 4 nitrogen and oxygen atoms in total. The zero-order valence-electron chi connectivity index (χ0n) is 12.3. The topological polar surface area (TPSA) is 47.7 Å². The molecule has 1 aliphatic rings. The van der Waals surface area contributed by atoms with Gasteiger partial charge in [0.15, 0.2) is 0 Å². The van der Waals surface area contributed by atoms with Gasteiger partial charge in [0.25, 0.3) is 0 Å². The lowest BCUT2D eigenvalue weighted by molar-refractivity contribution is -0.0564. The summed E-state index contributed by atoms with van der Waals surface area (Å²) in [7, 11) is 0. The summed E-state index contributed by atoms with van der Waals surface area (Å²) in [6.45, 7) is 7.38. The van der Waals surface area contributed by atoms with Crippen molar-refractivity contribution in [1.29, 1.82) is 0 Å². The van der Waals surface area contributed by atoms with Gasteiger partial charge in [0.05, 0.1) is 17.2 Å². The smallest absolute Gasteiger partial charge is 0.131 e. The van der Waals surface area contributed by atoms with Crippen LogP contribution in [-0.2, 0) is 4.74 Å². The van der Waals surface area contributed by atoms with Crippen molar-refractivity contribution in [2.45, 2.75) is 26.0 Å². The van der Waals surface area contributed by atoms with Gasteiger partial charge in [-0.3, -0.25) is 4.90 Å². The number of nitrogens with two attached hydrogens (primary N) is 1. The Morgan fingerprint density at radius 2 is 2.33 bits per heavy atom. The summed E-state index contributed by atoms with van der Waals surface area (Å²) in [5.41, 5.74) is 6.30. The number of nitrogens with zero attached hydrogens (tertiary/aromatic N) is 1. The molecule has 2 rings (SSSR count). The highest BCUT2D eigenvalue weighted by Gasteiger charge is 2.23. The van der Waals surface area contributed by atoms with Crippen LogP contribution >= 0.6 is 23.8 Å². The lowest BCUT2D eigenvalue weighted by Gasteiger charge is -2.35. The Hall–Kier alpha value is -0.880. The maximum atomic E-state index is 6.12. The zero-order valence-corrected chi connectivity index (χ0v) is 13.9. The molecule has 1 aromatic carbocycles. The van der Waals surface area contributed by atoms with Crippen LogP contribution in [0.4, 0.5) is 0 Å². The third-order valence-corrected chi connectivity index (χ3v) is 4.07. The minimum atomic E-state index is 0.0410. The predicted octanol–water partition coefficient (Wildman–Crippen LogP) is 2.46. The van der Waals surface area contributed by atoms with Gasteiger partial charge in [-0.15, -0.1) is 0 Å². The van der Waals surface area contributed by atoms with Crippen LogP contribution < -0.4 is 10.5 Å². The zero-order chi connectivity index (χ0) is 15.4.